The van der Waals surface area contributed by atoms with Gasteiger partial charge in [0.1, 0.15) is 18.4 Å². The van der Waals surface area contributed by atoms with E-state index in [0.717, 1.165) is 16.7 Å². The average molecular weight is 502 g/mol. The van der Waals surface area contributed by atoms with Crippen molar-refractivity contribution in [3.8, 4) is 0 Å². The number of rotatable bonds is 11. The predicted octanol–water partition coefficient (Wildman–Crippen LogP) is 5.77. The Morgan fingerprint density at radius 3 is 1.84 bits per heavy atom. The van der Waals surface area contributed by atoms with Crippen LogP contribution in [0.1, 0.15) is 23.1 Å². The van der Waals surface area contributed by atoms with Gasteiger partial charge in [-0.15, -0.1) is 0 Å². The second-order valence-corrected chi connectivity index (χ2v) is 9.26. The lowest BCUT2D eigenvalue weighted by molar-refractivity contribution is -0.286. The summed E-state index contributed by atoms with van der Waals surface area (Å²) in [5.74, 6) is -0.148. The number of hydrogen-bond acceptors (Lipinski definition) is 6. The first-order valence-electron chi connectivity index (χ1n) is 12.6. The zero-order valence-corrected chi connectivity index (χ0v) is 20.5. The van der Waals surface area contributed by atoms with E-state index < -0.39 is 24.7 Å². The van der Waals surface area contributed by atoms with Gasteiger partial charge in [0.25, 0.3) is 0 Å². The molecule has 8 nitrogen and oxygen atoms in total. The molecule has 5 rings (SSSR count). The number of benzene rings is 3. The van der Waals surface area contributed by atoms with Gasteiger partial charge in [0.15, 0.2) is 6.29 Å². The lowest BCUT2D eigenvalue weighted by Crippen LogP contribution is -2.56. The predicted molar refractivity (Wildman–Crippen MR) is 137 cm³/mol. The van der Waals surface area contributed by atoms with Crippen LogP contribution in [0.3, 0.4) is 0 Å². The molecule has 2 saturated heterocycles. The third-order valence-corrected chi connectivity index (χ3v) is 6.68. The van der Waals surface area contributed by atoms with Crippen molar-refractivity contribution in [3.05, 3.63) is 118 Å². The quantitative estimate of drug-likeness (QED) is 0.189. The molecule has 0 N–H and O–H groups in total. The van der Waals surface area contributed by atoms with Crippen LogP contribution in [0.2, 0.25) is 0 Å². The van der Waals surface area contributed by atoms with Gasteiger partial charge in [0.2, 0.25) is 0 Å². The molecule has 6 atom stereocenters. The van der Waals surface area contributed by atoms with Crippen LogP contribution in [0, 0.1) is 5.92 Å². The normalized spacial score (nSPS) is 26.8. The molecule has 3 aromatic carbocycles. The maximum Gasteiger partial charge on any atom is 0.164 e. The molecule has 2 aliphatic heterocycles. The molecular formula is C29H31N3O5. The molecule has 192 valence electrons. The van der Waals surface area contributed by atoms with Gasteiger partial charge in [-0.25, -0.2) is 0 Å². The smallest absolute Gasteiger partial charge is 0.164 e. The van der Waals surface area contributed by atoms with Gasteiger partial charge in [-0.2, -0.15) is 0 Å². The molecule has 0 aliphatic carbocycles. The second-order valence-electron chi connectivity index (χ2n) is 9.26. The minimum atomic E-state index is -0.610. The number of fused-ring (bicyclic) bond motifs is 1. The highest BCUT2D eigenvalue weighted by Gasteiger charge is 2.52. The Kier molecular flexibility index (Phi) is 8.82. The Hall–Kier alpha value is -3.23. The third kappa shape index (κ3) is 6.76. The lowest BCUT2D eigenvalue weighted by Gasteiger charge is -2.43. The molecule has 0 bridgehead atoms. The number of ether oxygens (including phenoxy) is 5. The Labute approximate surface area is 216 Å². The highest BCUT2D eigenvalue weighted by molar-refractivity contribution is 5.15. The molecule has 0 unspecified atom stereocenters. The van der Waals surface area contributed by atoms with E-state index in [-0.39, 0.29) is 12.0 Å². The zero-order valence-electron chi connectivity index (χ0n) is 20.5. The molecule has 3 aromatic rings. The standard InChI is InChI=1S/C29H31N3O5/c30-32-31-26-16-24-27(34-18-22-12-6-2-7-13-22)28(35-19-23-14-8-3-9-15-23)25(36-29(24)37-26)20-33-17-21-10-4-1-5-11-21/h1-15,24-29H,16-20H2/t24-,25-,26-,27-,28-,29-/m1/s1. The van der Waals surface area contributed by atoms with Crippen molar-refractivity contribution in [2.45, 2.75) is 57.1 Å². The van der Waals surface area contributed by atoms with Crippen LogP contribution >= 0.6 is 0 Å². The largest absolute Gasteiger partial charge is 0.374 e. The summed E-state index contributed by atoms with van der Waals surface area (Å²) in [5.41, 5.74) is 12.2. The Morgan fingerprint density at radius 1 is 0.730 bits per heavy atom. The highest BCUT2D eigenvalue weighted by Crippen LogP contribution is 2.40. The van der Waals surface area contributed by atoms with Gasteiger partial charge in [-0.3, -0.25) is 0 Å². The summed E-state index contributed by atoms with van der Waals surface area (Å²) in [6.45, 7) is 1.59. The van der Waals surface area contributed by atoms with Crippen molar-refractivity contribution in [1.29, 1.82) is 0 Å². The lowest BCUT2D eigenvalue weighted by atomic mass is 9.89. The van der Waals surface area contributed by atoms with Crippen LogP contribution in [0.15, 0.2) is 96.1 Å². The van der Waals surface area contributed by atoms with Crippen molar-refractivity contribution in [2.75, 3.05) is 6.61 Å². The zero-order chi connectivity index (χ0) is 25.3. The van der Waals surface area contributed by atoms with Gasteiger partial charge >= 0.3 is 0 Å². The molecule has 0 amide bonds. The van der Waals surface area contributed by atoms with Crippen LogP contribution in [0.4, 0.5) is 0 Å². The minimum absolute atomic E-state index is 0.148. The molecule has 2 heterocycles. The minimum Gasteiger partial charge on any atom is -0.374 e. The summed E-state index contributed by atoms with van der Waals surface area (Å²) >= 11 is 0. The third-order valence-electron chi connectivity index (χ3n) is 6.68. The van der Waals surface area contributed by atoms with E-state index in [1.54, 1.807) is 0 Å². The van der Waals surface area contributed by atoms with E-state index in [4.69, 9.17) is 29.2 Å². The summed E-state index contributed by atoms with van der Waals surface area (Å²) in [6, 6.07) is 30.1. The summed E-state index contributed by atoms with van der Waals surface area (Å²) < 4.78 is 31.4. The summed E-state index contributed by atoms with van der Waals surface area (Å²) in [5, 5.41) is 3.80. The summed E-state index contributed by atoms with van der Waals surface area (Å²) in [7, 11) is 0. The van der Waals surface area contributed by atoms with Crippen LogP contribution in [-0.4, -0.2) is 37.4 Å². The Bertz CT molecular complexity index is 1140. The fourth-order valence-corrected chi connectivity index (χ4v) is 4.87. The molecule has 0 spiro atoms. The van der Waals surface area contributed by atoms with Crippen molar-refractivity contribution in [1.82, 2.24) is 0 Å². The van der Waals surface area contributed by atoms with Crippen LogP contribution in [0.25, 0.3) is 10.4 Å². The van der Waals surface area contributed by atoms with E-state index >= 15 is 0 Å². The van der Waals surface area contributed by atoms with E-state index in [1.165, 1.54) is 0 Å². The molecule has 0 radical (unpaired) electrons. The number of hydrogen-bond donors (Lipinski definition) is 0. The molecule has 2 fully saturated rings. The fraction of sp³-hybridized carbons (Fsp3) is 0.379. The Morgan fingerprint density at radius 2 is 1.27 bits per heavy atom. The average Bonchev–Trinajstić information content (AvgIpc) is 3.35. The molecule has 37 heavy (non-hydrogen) atoms. The van der Waals surface area contributed by atoms with E-state index in [0.29, 0.717) is 32.8 Å². The number of azide groups is 1. The van der Waals surface area contributed by atoms with Crippen LogP contribution in [-0.2, 0) is 43.5 Å². The van der Waals surface area contributed by atoms with E-state index in [2.05, 4.69) is 10.0 Å². The Balaban J connectivity index is 1.36. The molecular weight excluding hydrogens is 470 g/mol. The SMILES string of the molecule is [N-]=[N+]=N[C@H]1C[C@H]2[C@@H](O1)O[C@H](COCc1ccccc1)[C@@H](OCc1ccccc1)[C@@H]2OCc1ccccc1. The van der Waals surface area contributed by atoms with Crippen molar-refractivity contribution in [2.24, 2.45) is 11.0 Å². The first-order chi connectivity index (χ1) is 18.3. The van der Waals surface area contributed by atoms with Gasteiger partial charge in [0.05, 0.1) is 32.5 Å². The van der Waals surface area contributed by atoms with Crippen molar-refractivity contribution >= 4 is 0 Å². The van der Waals surface area contributed by atoms with Crippen molar-refractivity contribution in [3.63, 3.8) is 0 Å². The second kappa shape index (κ2) is 12.8. The number of nitrogens with zero attached hydrogens (tertiary/aromatic N) is 3. The molecule has 0 aromatic heterocycles. The van der Waals surface area contributed by atoms with Gasteiger partial charge < -0.3 is 23.7 Å². The first-order valence-corrected chi connectivity index (χ1v) is 12.6. The van der Waals surface area contributed by atoms with Crippen LogP contribution in [0.5, 0.6) is 0 Å². The van der Waals surface area contributed by atoms with E-state index in [1.807, 2.05) is 91.0 Å². The molecule has 8 heteroatoms. The monoisotopic (exact) mass is 501 g/mol. The topological polar surface area (TPSA) is 94.9 Å². The first kappa shape index (κ1) is 25.4. The maximum atomic E-state index is 8.98. The van der Waals surface area contributed by atoms with Gasteiger partial charge in [0, 0.05) is 10.8 Å². The molecule has 0 saturated carbocycles. The summed E-state index contributed by atoms with van der Waals surface area (Å²) in [6.07, 6.45) is -1.86. The van der Waals surface area contributed by atoms with Crippen LogP contribution < -0.4 is 0 Å². The van der Waals surface area contributed by atoms with E-state index in [9.17, 15) is 0 Å². The summed E-state index contributed by atoms with van der Waals surface area (Å²) in [4.78, 5) is 2.94. The van der Waals surface area contributed by atoms with Gasteiger partial charge in [-0.05, 0) is 28.6 Å². The van der Waals surface area contributed by atoms with Gasteiger partial charge in [-0.1, -0.05) is 96.1 Å². The van der Waals surface area contributed by atoms with Crippen molar-refractivity contribution < 1.29 is 23.7 Å². The maximum absolute atomic E-state index is 8.98. The molecule has 2 aliphatic rings. The fourth-order valence-electron chi connectivity index (χ4n) is 4.87. The highest BCUT2D eigenvalue weighted by atomic mass is 16.7.